The van der Waals surface area contributed by atoms with Crippen LogP contribution in [0.4, 0.5) is 17.6 Å². The summed E-state index contributed by atoms with van der Waals surface area (Å²) in [5, 5.41) is 22.8. The van der Waals surface area contributed by atoms with Gasteiger partial charge >= 0.3 is 0 Å². The Bertz CT molecular complexity index is 941. The molecule has 2 aromatic rings. The number of aryl methyl sites for hydroxylation is 1. The van der Waals surface area contributed by atoms with E-state index in [0.717, 1.165) is 25.1 Å². The molecule has 30 heavy (non-hydrogen) atoms. The zero-order valence-electron chi connectivity index (χ0n) is 17.0. The van der Waals surface area contributed by atoms with E-state index in [1.54, 1.807) is 0 Å². The molecule has 0 aliphatic carbocycles. The van der Waals surface area contributed by atoms with Crippen molar-refractivity contribution in [1.82, 2.24) is 25.1 Å². The second-order valence-electron chi connectivity index (χ2n) is 8.13. The van der Waals surface area contributed by atoms with Crippen molar-refractivity contribution in [3.05, 3.63) is 11.8 Å². The summed E-state index contributed by atoms with van der Waals surface area (Å²) in [6.45, 7) is 3.75. The number of ether oxygens (including phenoxy) is 2. The van der Waals surface area contributed by atoms with Crippen LogP contribution in [0.3, 0.4) is 0 Å². The average molecular weight is 410 g/mol. The van der Waals surface area contributed by atoms with E-state index in [-0.39, 0.29) is 0 Å². The van der Waals surface area contributed by atoms with Gasteiger partial charge in [0.05, 0.1) is 6.07 Å². The summed E-state index contributed by atoms with van der Waals surface area (Å²) in [6.07, 6.45) is 5.05. The van der Waals surface area contributed by atoms with Crippen LogP contribution in [0.2, 0.25) is 0 Å². The largest absolute Gasteiger partial charge is 0.482 e. The smallest absolute Gasteiger partial charge is 0.264 e. The number of fused-ring (bicyclic) bond motifs is 3. The molecule has 3 aliphatic heterocycles. The maximum Gasteiger partial charge on any atom is 0.264 e. The lowest BCUT2D eigenvalue weighted by Crippen LogP contribution is -2.47. The van der Waals surface area contributed by atoms with Crippen molar-refractivity contribution in [1.29, 1.82) is 5.26 Å². The first-order valence-electron chi connectivity index (χ1n) is 10.6. The number of hydrogen-bond donors (Lipinski definition) is 3. The van der Waals surface area contributed by atoms with Crippen molar-refractivity contribution in [2.45, 2.75) is 57.2 Å². The SMILES string of the molecule is Cc1cc(Nc2nc(N[C@@H]3C[C@H]4CC[C@@H](C3)N4CCC#N)c3c(n2)OCCO3)n[nH]1. The average Bonchev–Trinajstić information content (AvgIpc) is 3.25. The monoisotopic (exact) mass is 410 g/mol. The summed E-state index contributed by atoms with van der Waals surface area (Å²) in [5.74, 6) is 2.75. The minimum Gasteiger partial charge on any atom is -0.482 e. The number of nitrogens with one attached hydrogen (secondary N) is 3. The van der Waals surface area contributed by atoms with Crippen LogP contribution in [0.25, 0.3) is 0 Å². The van der Waals surface area contributed by atoms with Crippen LogP contribution in [0.15, 0.2) is 6.07 Å². The van der Waals surface area contributed by atoms with E-state index in [4.69, 9.17) is 14.7 Å². The molecule has 0 unspecified atom stereocenters. The fraction of sp³-hybridized carbons (Fsp3) is 0.600. The summed E-state index contributed by atoms with van der Waals surface area (Å²) in [4.78, 5) is 11.6. The predicted octanol–water partition coefficient (Wildman–Crippen LogP) is 2.34. The lowest BCUT2D eigenvalue weighted by molar-refractivity contribution is 0.135. The molecular weight excluding hydrogens is 384 g/mol. The van der Waals surface area contributed by atoms with E-state index in [9.17, 15) is 0 Å². The standard InChI is InChI=1S/C20H26N8O2/c1-12-9-16(27-26-12)23-20-24-18(17-19(25-20)30-8-7-29-17)22-13-10-14-3-4-15(11-13)28(14)6-2-5-21/h9,13-15H,2-4,6-8,10-11H2,1H3,(H3,22,23,24,25,26,27)/t13-,14-,15+. The zero-order chi connectivity index (χ0) is 20.5. The minimum absolute atomic E-state index is 0.297. The third kappa shape index (κ3) is 3.73. The minimum atomic E-state index is 0.297. The third-order valence-corrected chi connectivity index (χ3v) is 6.06. The normalized spacial score (nSPS) is 25.0. The molecule has 0 radical (unpaired) electrons. The molecule has 0 saturated carbocycles. The summed E-state index contributed by atoms with van der Waals surface area (Å²) in [6, 6.07) is 5.51. The molecule has 0 amide bonds. The number of rotatable bonds is 6. The summed E-state index contributed by atoms with van der Waals surface area (Å²) in [5.41, 5.74) is 0.951. The fourth-order valence-corrected chi connectivity index (χ4v) is 4.82. The molecule has 5 heterocycles. The molecule has 3 atom stereocenters. The van der Waals surface area contributed by atoms with Crippen molar-refractivity contribution in [2.24, 2.45) is 0 Å². The van der Waals surface area contributed by atoms with Crippen molar-refractivity contribution in [3.63, 3.8) is 0 Å². The molecule has 2 bridgehead atoms. The third-order valence-electron chi connectivity index (χ3n) is 6.06. The zero-order valence-corrected chi connectivity index (χ0v) is 17.0. The van der Waals surface area contributed by atoms with Gasteiger partial charge in [-0.2, -0.15) is 20.3 Å². The van der Waals surface area contributed by atoms with E-state index in [0.29, 0.717) is 67.0 Å². The van der Waals surface area contributed by atoms with E-state index in [2.05, 4.69) is 41.8 Å². The Morgan fingerprint density at radius 2 is 2.03 bits per heavy atom. The van der Waals surface area contributed by atoms with Crippen LogP contribution in [0.5, 0.6) is 11.6 Å². The van der Waals surface area contributed by atoms with Gasteiger partial charge in [0.25, 0.3) is 5.88 Å². The number of aromatic amines is 1. The Labute approximate surface area is 175 Å². The van der Waals surface area contributed by atoms with Crippen LogP contribution in [-0.4, -0.2) is 62.9 Å². The van der Waals surface area contributed by atoms with Gasteiger partial charge in [-0.15, -0.1) is 0 Å². The van der Waals surface area contributed by atoms with Crippen molar-refractivity contribution in [3.8, 4) is 17.7 Å². The van der Waals surface area contributed by atoms with E-state index in [1.807, 2.05) is 13.0 Å². The van der Waals surface area contributed by atoms with Crippen LogP contribution in [-0.2, 0) is 0 Å². The van der Waals surface area contributed by atoms with Gasteiger partial charge in [-0.1, -0.05) is 0 Å². The van der Waals surface area contributed by atoms with Crippen LogP contribution < -0.4 is 20.1 Å². The maximum absolute atomic E-state index is 8.94. The molecule has 10 heteroatoms. The molecule has 0 aromatic carbocycles. The highest BCUT2D eigenvalue weighted by Gasteiger charge is 2.40. The number of nitriles is 1. The first-order chi connectivity index (χ1) is 14.7. The van der Waals surface area contributed by atoms with Gasteiger partial charge < -0.3 is 20.1 Å². The van der Waals surface area contributed by atoms with Gasteiger partial charge in [0.1, 0.15) is 13.2 Å². The first kappa shape index (κ1) is 18.9. The van der Waals surface area contributed by atoms with Crippen molar-refractivity contribution >= 4 is 17.6 Å². The van der Waals surface area contributed by atoms with Crippen LogP contribution >= 0.6 is 0 Å². The Balaban J connectivity index is 1.35. The van der Waals surface area contributed by atoms with Gasteiger partial charge in [-0.3, -0.25) is 10.00 Å². The first-order valence-corrected chi connectivity index (χ1v) is 10.6. The quantitative estimate of drug-likeness (QED) is 0.658. The molecular formula is C20H26N8O2. The molecule has 5 rings (SSSR count). The number of anilines is 3. The lowest BCUT2D eigenvalue weighted by Gasteiger charge is -2.39. The highest BCUT2D eigenvalue weighted by Crippen LogP contribution is 2.40. The second-order valence-corrected chi connectivity index (χ2v) is 8.13. The number of hydrogen-bond acceptors (Lipinski definition) is 9. The Morgan fingerprint density at radius 1 is 1.23 bits per heavy atom. The number of aromatic nitrogens is 4. The fourth-order valence-electron chi connectivity index (χ4n) is 4.82. The molecule has 3 N–H and O–H groups in total. The molecule has 2 aromatic heterocycles. The van der Waals surface area contributed by atoms with Crippen molar-refractivity contribution in [2.75, 3.05) is 30.4 Å². The lowest BCUT2D eigenvalue weighted by atomic mass is 9.97. The topological polar surface area (TPSA) is 124 Å². The van der Waals surface area contributed by atoms with Gasteiger partial charge in [0, 0.05) is 42.9 Å². The molecule has 3 aliphatic rings. The number of H-pyrrole nitrogens is 1. The molecule has 2 saturated heterocycles. The van der Waals surface area contributed by atoms with Gasteiger partial charge in [-0.05, 0) is 32.6 Å². The highest BCUT2D eigenvalue weighted by atomic mass is 16.6. The molecule has 2 fully saturated rings. The van der Waals surface area contributed by atoms with E-state index in [1.165, 1.54) is 12.8 Å². The Kier molecular flexibility index (Phi) is 5.04. The maximum atomic E-state index is 8.94. The predicted molar refractivity (Wildman–Crippen MR) is 110 cm³/mol. The Hall–Kier alpha value is -3.06. The van der Waals surface area contributed by atoms with Crippen LogP contribution in [0, 0.1) is 18.3 Å². The molecule has 0 spiro atoms. The number of nitrogens with zero attached hydrogens (tertiary/aromatic N) is 5. The second kappa shape index (κ2) is 7.99. The van der Waals surface area contributed by atoms with Crippen LogP contribution in [0.1, 0.15) is 37.8 Å². The van der Waals surface area contributed by atoms with Gasteiger partial charge in [-0.25, -0.2) is 0 Å². The summed E-state index contributed by atoms with van der Waals surface area (Å²) in [7, 11) is 0. The van der Waals surface area contributed by atoms with Gasteiger partial charge in [0.2, 0.25) is 11.7 Å². The van der Waals surface area contributed by atoms with E-state index < -0.39 is 0 Å². The molecule has 158 valence electrons. The van der Waals surface area contributed by atoms with Gasteiger partial charge in [0.15, 0.2) is 11.6 Å². The highest BCUT2D eigenvalue weighted by molar-refractivity contribution is 5.62. The molecule has 10 nitrogen and oxygen atoms in total. The summed E-state index contributed by atoms with van der Waals surface area (Å²) < 4.78 is 11.6. The Morgan fingerprint density at radius 3 is 2.77 bits per heavy atom. The number of piperidine rings is 1. The van der Waals surface area contributed by atoms with Crippen molar-refractivity contribution < 1.29 is 9.47 Å². The van der Waals surface area contributed by atoms with E-state index >= 15 is 0 Å². The summed E-state index contributed by atoms with van der Waals surface area (Å²) >= 11 is 0.